The van der Waals surface area contributed by atoms with Gasteiger partial charge < -0.3 is 10.2 Å². The van der Waals surface area contributed by atoms with Crippen molar-refractivity contribution in [3.8, 4) is 0 Å². The highest BCUT2D eigenvalue weighted by Crippen LogP contribution is 2.06. The lowest BCUT2D eigenvalue weighted by atomic mass is 10.1. The normalized spacial score (nSPS) is 11.6. The SMILES string of the molecule is CCCCCCC(O)F.O=C(O)CCCCCCCBr. The monoisotopic (exact) mass is 356 g/mol. The van der Waals surface area contributed by atoms with Gasteiger partial charge >= 0.3 is 5.97 Å². The first-order valence-corrected chi connectivity index (χ1v) is 8.76. The molecule has 2 N–H and O–H groups in total. The van der Waals surface area contributed by atoms with Gasteiger partial charge in [0, 0.05) is 18.2 Å². The predicted molar refractivity (Wildman–Crippen MR) is 85.0 cm³/mol. The van der Waals surface area contributed by atoms with Gasteiger partial charge in [-0.05, 0) is 19.3 Å². The minimum Gasteiger partial charge on any atom is -0.481 e. The van der Waals surface area contributed by atoms with Crippen molar-refractivity contribution in [3.63, 3.8) is 0 Å². The number of aliphatic hydroxyl groups excluding tert-OH is 1. The number of aliphatic hydroxyl groups is 1. The number of halogens is 2. The summed E-state index contributed by atoms with van der Waals surface area (Å²) < 4.78 is 11.7. The van der Waals surface area contributed by atoms with Crippen LogP contribution in [0.4, 0.5) is 4.39 Å². The quantitative estimate of drug-likeness (QED) is 0.380. The van der Waals surface area contributed by atoms with Crippen molar-refractivity contribution >= 4 is 21.9 Å². The molecule has 0 saturated heterocycles. The summed E-state index contributed by atoms with van der Waals surface area (Å²) in [6, 6.07) is 0. The standard InChI is InChI=1S/C8H15BrO2.C7H15FO/c9-7-5-3-1-2-4-6-8(10)11;1-2-3-4-5-6-7(8)9/h1-7H2,(H,10,11);7,9H,2-6H2,1H3. The Bertz CT molecular complexity index is 202. The molecule has 3 nitrogen and oxygen atoms in total. The number of hydrogen-bond acceptors (Lipinski definition) is 2. The van der Waals surface area contributed by atoms with E-state index in [2.05, 4.69) is 22.9 Å². The molecule has 0 saturated carbocycles. The summed E-state index contributed by atoms with van der Waals surface area (Å²) in [7, 11) is 0. The van der Waals surface area contributed by atoms with E-state index in [9.17, 15) is 9.18 Å². The van der Waals surface area contributed by atoms with Crippen molar-refractivity contribution in [2.24, 2.45) is 0 Å². The van der Waals surface area contributed by atoms with E-state index in [-0.39, 0.29) is 0 Å². The van der Waals surface area contributed by atoms with E-state index in [0.717, 1.165) is 43.9 Å². The fourth-order valence-corrected chi connectivity index (χ4v) is 2.04. The van der Waals surface area contributed by atoms with Crippen LogP contribution in [-0.4, -0.2) is 27.9 Å². The molecule has 0 spiro atoms. The third-order valence-corrected chi connectivity index (χ3v) is 3.38. The highest BCUT2D eigenvalue weighted by atomic mass is 79.9. The van der Waals surface area contributed by atoms with E-state index in [1.54, 1.807) is 0 Å². The minimum absolute atomic E-state index is 0.306. The average Bonchev–Trinajstić information content (AvgIpc) is 2.39. The predicted octanol–water partition coefficient (Wildman–Crippen LogP) is 5.05. The van der Waals surface area contributed by atoms with Gasteiger partial charge in [0.2, 0.25) is 0 Å². The van der Waals surface area contributed by atoms with Crippen LogP contribution in [0.25, 0.3) is 0 Å². The van der Waals surface area contributed by atoms with Gasteiger partial charge in [0.25, 0.3) is 0 Å². The highest BCUT2D eigenvalue weighted by molar-refractivity contribution is 9.09. The summed E-state index contributed by atoms with van der Waals surface area (Å²) >= 11 is 3.35. The molecule has 0 aliphatic rings. The zero-order valence-corrected chi connectivity index (χ0v) is 14.2. The molecule has 122 valence electrons. The number of carboxylic acids is 1. The molecule has 0 heterocycles. The third kappa shape index (κ3) is 26.4. The summed E-state index contributed by atoms with van der Waals surface area (Å²) in [5, 5.41) is 17.6. The Kier molecular flexibility index (Phi) is 20.8. The summed E-state index contributed by atoms with van der Waals surface area (Å²) in [5.74, 6) is -0.675. The van der Waals surface area contributed by atoms with Crippen molar-refractivity contribution in [2.75, 3.05) is 5.33 Å². The van der Waals surface area contributed by atoms with Crippen LogP contribution < -0.4 is 0 Å². The van der Waals surface area contributed by atoms with Crippen LogP contribution in [0.15, 0.2) is 0 Å². The van der Waals surface area contributed by atoms with E-state index < -0.39 is 12.3 Å². The first-order valence-electron chi connectivity index (χ1n) is 7.64. The van der Waals surface area contributed by atoms with Crippen LogP contribution >= 0.6 is 15.9 Å². The topological polar surface area (TPSA) is 57.5 Å². The Hall–Kier alpha value is -0.160. The van der Waals surface area contributed by atoms with E-state index in [4.69, 9.17) is 10.2 Å². The van der Waals surface area contributed by atoms with E-state index in [1.165, 1.54) is 19.3 Å². The number of rotatable bonds is 12. The Labute approximate surface area is 131 Å². The van der Waals surface area contributed by atoms with Gasteiger partial charge in [-0.1, -0.05) is 61.4 Å². The van der Waals surface area contributed by atoms with Gasteiger partial charge in [-0.2, -0.15) is 0 Å². The molecule has 0 aliphatic carbocycles. The largest absolute Gasteiger partial charge is 0.481 e. The van der Waals surface area contributed by atoms with E-state index >= 15 is 0 Å². The Balaban J connectivity index is 0. The molecular weight excluding hydrogens is 327 g/mol. The number of carbonyl (C=O) groups is 1. The molecule has 0 aromatic heterocycles. The number of alkyl halides is 2. The molecule has 1 atom stereocenters. The lowest BCUT2D eigenvalue weighted by Gasteiger charge is -1.98. The molecule has 0 fully saturated rings. The molecule has 0 aromatic rings. The maximum Gasteiger partial charge on any atom is 0.303 e. The molecule has 0 amide bonds. The van der Waals surface area contributed by atoms with Gasteiger partial charge in [0.1, 0.15) is 0 Å². The maximum absolute atomic E-state index is 11.7. The van der Waals surface area contributed by atoms with Gasteiger partial charge in [-0.3, -0.25) is 4.79 Å². The molecule has 0 aliphatic heterocycles. The lowest BCUT2D eigenvalue weighted by Crippen LogP contribution is -1.95. The van der Waals surface area contributed by atoms with E-state index in [0.29, 0.717) is 12.8 Å². The summed E-state index contributed by atoms with van der Waals surface area (Å²) in [6.07, 6.45) is 8.65. The Morgan fingerprint density at radius 3 is 2.10 bits per heavy atom. The molecule has 0 rings (SSSR count). The molecule has 0 radical (unpaired) electrons. The second-order valence-electron chi connectivity index (χ2n) is 4.88. The lowest BCUT2D eigenvalue weighted by molar-refractivity contribution is -0.137. The van der Waals surface area contributed by atoms with Crippen LogP contribution in [0.2, 0.25) is 0 Å². The molecule has 0 aromatic carbocycles. The first-order chi connectivity index (χ1) is 9.54. The van der Waals surface area contributed by atoms with Crippen LogP contribution in [-0.2, 0) is 4.79 Å². The van der Waals surface area contributed by atoms with Crippen molar-refractivity contribution in [2.45, 2.75) is 83.9 Å². The maximum atomic E-state index is 11.7. The summed E-state index contributed by atoms with van der Waals surface area (Å²) in [5.41, 5.74) is 0. The average molecular weight is 357 g/mol. The number of hydrogen-bond donors (Lipinski definition) is 2. The zero-order chi connectivity index (χ0) is 15.6. The van der Waals surface area contributed by atoms with Crippen LogP contribution in [0.5, 0.6) is 0 Å². The van der Waals surface area contributed by atoms with Crippen LogP contribution in [0, 0.1) is 0 Å². The molecule has 0 bridgehead atoms. The zero-order valence-electron chi connectivity index (χ0n) is 12.6. The number of unbranched alkanes of at least 4 members (excludes halogenated alkanes) is 7. The van der Waals surface area contributed by atoms with Gasteiger partial charge in [-0.25, -0.2) is 4.39 Å². The molecule has 5 heteroatoms. The first kappa shape index (κ1) is 22.1. The summed E-state index contributed by atoms with van der Waals surface area (Å²) in [4.78, 5) is 10.1. The van der Waals surface area contributed by atoms with Crippen LogP contribution in [0.1, 0.15) is 77.6 Å². The van der Waals surface area contributed by atoms with Gasteiger partial charge in [0.15, 0.2) is 6.36 Å². The fourth-order valence-electron chi connectivity index (χ4n) is 1.64. The van der Waals surface area contributed by atoms with Gasteiger partial charge in [-0.15, -0.1) is 0 Å². The Morgan fingerprint density at radius 1 is 1.05 bits per heavy atom. The van der Waals surface area contributed by atoms with Gasteiger partial charge in [0.05, 0.1) is 0 Å². The van der Waals surface area contributed by atoms with Crippen LogP contribution in [0.3, 0.4) is 0 Å². The van der Waals surface area contributed by atoms with E-state index in [1.807, 2.05) is 0 Å². The molecular formula is C15H30BrFO3. The Morgan fingerprint density at radius 2 is 1.60 bits per heavy atom. The van der Waals surface area contributed by atoms with Crippen molar-refractivity contribution in [3.05, 3.63) is 0 Å². The highest BCUT2D eigenvalue weighted by Gasteiger charge is 1.97. The molecule has 1 unspecified atom stereocenters. The number of carboxylic acid groups (broad SMARTS) is 1. The van der Waals surface area contributed by atoms with Crippen molar-refractivity contribution < 1.29 is 19.4 Å². The number of aliphatic carboxylic acids is 1. The molecule has 20 heavy (non-hydrogen) atoms. The smallest absolute Gasteiger partial charge is 0.303 e. The fraction of sp³-hybridized carbons (Fsp3) is 0.933. The summed E-state index contributed by atoms with van der Waals surface area (Å²) in [6.45, 7) is 2.10. The van der Waals surface area contributed by atoms with Crippen molar-refractivity contribution in [1.82, 2.24) is 0 Å². The minimum atomic E-state index is -1.60. The second-order valence-corrected chi connectivity index (χ2v) is 5.68. The third-order valence-electron chi connectivity index (χ3n) is 2.82. The second kappa shape index (κ2) is 18.8. The van der Waals surface area contributed by atoms with Crippen molar-refractivity contribution in [1.29, 1.82) is 0 Å².